The Hall–Kier alpha value is -1.60. The van der Waals surface area contributed by atoms with Crippen LogP contribution in [-0.4, -0.2) is 5.11 Å². The molecule has 82 valence electrons. The largest absolute Gasteiger partial charge is 0.389 e. The molecule has 16 heavy (non-hydrogen) atoms. The summed E-state index contributed by atoms with van der Waals surface area (Å²) in [5.41, 5.74) is 4.49. The van der Waals surface area contributed by atoms with Crippen LogP contribution >= 0.6 is 0 Å². The highest BCUT2D eigenvalue weighted by Gasteiger charge is 2.08. The van der Waals surface area contributed by atoms with Gasteiger partial charge < -0.3 is 5.11 Å². The molecule has 0 spiro atoms. The number of aliphatic hydroxyl groups is 1. The first-order valence-corrected chi connectivity index (χ1v) is 5.52. The van der Waals surface area contributed by atoms with Gasteiger partial charge in [-0.1, -0.05) is 54.1 Å². The van der Waals surface area contributed by atoms with Crippen LogP contribution in [0, 0.1) is 6.92 Å². The maximum atomic E-state index is 9.74. The van der Waals surface area contributed by atoms with Gasteiger partial charge in [-0.05, 0) is 30.5 Å². The molecule has 0 bridgehead atoms. The van der Waals surface area contributed by atoms with Crippen molar-refractivity contribution in [3.63, 3.8) is 0 Å². The van der Waals surface area contributed by atoms with Crippen LogP contribution < -0.4 is 0 Å². The third kappa shape index (κ3) is 2.15. The van der Waals surface area contributed by atoms with Gasteiger partial charge in [0.2, 0.25) is 0 Å². The normalized spacial score (nSPS) is 12.4. The minimum Gasteiger partial charge on any atom is -0.389 e. The molecule has 0 saturated heterocycles. The summed E-state index contributed by atoms with van der Waals surface area (Å²) >= 11 is 0. The van der Waals surface area contributed by atoms with E-state index in [2.05, 4.69) is 31.2 Å². The molecule has 0 amide bonds. The summed E-state index contributed by atoms with van der Waals surface area (Å²) in [7, 11) is 0. The smallest absolute Gasteiger partial charge is 0.0767 e. The number of benzene rings is 2. The fourth-order valence-corrected chi connectivity index (χ4v) is 1.94. The van der Waals surface area contributed by atoms with Crippen molar-refractivity contribution < 1.29 is 5.11 Å². The fourth-order valence-electron chi connectivity index (χ4n) is 1.94. The van der Waals surface area contributed by atoms with Crippen LogP contribution in [0.25, 0.3) is 11.1 Å². The summed E-state index contributed by atoms with van der Waals surface area (Å²) in [5.74, 6) is 0. The monoisotopic (exact) mass is 212 g/mol. The molecule has 2 aromatic rings. The third-order valence-electron chi connectivity index (χ3n) is 2.74. The van der Waals surface area contributed by atoms with Crippen molar-refractivity contribution in [2.45, 2.75) is 20.0 Å². The summed E-state index contributed by atoms with van der Waals surface area (Å²) in [6.45, 7) is 3.88. The van der Waals surface area contributed by atoms with Crippen LogP contribution in [-0.2, 0) is 0 Å². The maximum absolute atomic E-state index is 9.74. The van der Waals surface area contributed by atoms with Crippen LogP contribution in [0.2, 0.25) is 0 Å². The quantitative estimate of drug-likeness (QED) is 0.804. The van der Waals surface area contributed by atoms with Crippen molar-refractivity contribution >= 4 is 0 Å². The van der Waals surface area contributed by atoms with Crippen LogP contribution in [0.3, 0.4) is 0 Å². The van der Waals surface area contributed by atoms with Gasteiger partial charge in [0.25, 0.3) is 0 Å². The lowest BCUT2D eigenvalue weighted by Crippen LogP contribution is -1.94. The van der Waals surface area contributed by atoms with Gasteiger partial charge in [-0.2, -0.15) is 0 Å². The van der Waals surface area contributed by atoms with E-state index >= 15 is 0 Å². The number of rotatable bonds is 2. The van der Waals surface area contributed by atoms with E-state index in [-0.39, 0.29) is 0 Å². The van der Waals surface area contributed by atoms with E-state index in [9.17, 15) is 5.11 Å². The zero-order valence-corrected chi connectivity index (χ0v) is 9.64. The molecule has 0 aliphatic rings. The van der Waals surface area contributed by atoms with Crippen LogP contribution in [0.4, 0.5) is 0 Å². The van der Waals surface area contributed by atoms with Crippen LogP contribution in [0.5, 0.6) is 0 Å². The molecule has 0 aliphatic carbocycles. The summed E-state index contributed by atoms with van der Waals surface area (Å²) in [6.07, 6.45) is -0.434. The molecule has 1 atom stereocenters. The maximum Gasteiger partial charge on any atom is 0.0767 e. The highest BCUT2D eigenvalue weighted by atomic mass is 16.3. The first-order valence-electron chi connectivity index (χ1n) is 5.52. The van der Waals surface area contributed by atoms with E-state index in [0.29, 0.717) is 0 Å². The lowest BCUT2D eigenvalue weighted by molar-refractivity contribution is 0.200. The molecule has 0 unspecified atom stereocenters. The standard InChI is InChI=1S/C15H16O/c1-11-6-5-7-13(10-11)15-9-4-3-8-14(15)12(2)16/h3-10,12,16H,1-2H3/t12-/m0/s1. The average Bonchev–Trinajstić information content (AvgIpc) is 2.29. The minimum atomic E-state index is -0.434. The Bertz CT molecular complexity index is 486. The van der Waals surface area contributed by atoms with Crippen molar-refractivity contribution in [1.29, 1.82) is 0 Å². The molecule has 1 heteroatoms. The van der Waals surface area contributed by atoms with E-state index < -0.39 is 6.10 Å². The molecule has 2 aromatic carbocycles. The highest BCUT2D eigenvalue weighted by Crippen LogP contribution is 2.28. The number of hydrogen-bond acceptors (Lipinski definition) is 1. The van der Waals surface area contributed by atoms with Crippen molar-refractivity contribution in [1.82, 2.24) is 0 Å². The molecular formula is C15H16O. The fraction of sp³-hybridized carbons (Fsp3) is 0.200. The molecule has 0 saturated carbocycles. The first-order chi connectivity index (χ1) is 7.68. The van der Waals surface area contributed by atoms with E-state index in [1.807, 2.05) is 24.3 Å². The molecule has 0 aliphatic heterocycles. The van der Waals surface area contributed by atoms with E-state index in [4.69, 9.17) is 0 Å². The summed E-state index contributed by atoms with van der Waals surface area (Å²) < 4.78 is 0. The zero-order chi connectivity index (χ0) is 11.5. The molecule has 1 nitrogen and oxygen atoms in total. The Labute approximate surface area is 96.4 Å². The SMILES string of the molecule is Cc1cccc(-c2ccccc2[C@H](C)O)c1. The van der Waals surface area contributed by atoms with Crippen molar-refractivity contribution in [3.05, 3.63) is 59.7 Å². The molecular weight excluding hydrogens is 196 g/mol. The summed E-state index contributed by atoms with van der Waals surface area (Å²) in [4.78, 5) is 0. The van der Waals surface area contributed by atoms with Crippen molar-refractivity contribution in [2.75, 3.05) is 0 Å². The lowest BCUT2D eigenvalue weighted by Gasteiger charge is -2.12. The van der Waals surface area contributed by atoms with Crippen molar-refractivity contribution in [2.24, 2.45) is 0 Å². The van der Waals surface area contributed by atoms with Gasteiger partial charge in [0.05, 0.1) is 6.10 Å². The van der Waals surface area contributed by atoms with E-state index in [0.717, 1.165) is 16.7 Å². The van der Waals surface area contributed by atoms with Gasteiger partial charge in [-0.15, -0.1) is 0 Å². The Morgan fingerprint density at radius 2 is 1.75 bits per heavy atom. The summed E-state index contributed by atoms with van der Waals surface area (Å²) in [5, 5.41) is 9.74. The second kappa shape index (κ2) is 4.50. The van der Waals surface area contributed by atoms with Crippen molar-refractivity contribution in [3.8, 4) is 11.1 Å². The third-order valence-corrected chi connectivity index (χ3v) is 2.74. The molecule has 2 rings (SSSR count). The molecule has 0 fully saturated rings. The number of hydrogen-bond donors (Lipinski definition) is 1. The Morgan fingerprint density at radius 3 is 2.44 bits per heavy atom. The number of aryl methyl sites for hydroxylation is 1. The first kappa shape index (κ1) is 10.9. The van der Waals surface area contributed by atoms with Gasteiger partial charge in [0.15, 0.2) is 0 Å². The summed E-state index contributed by atoms with van der Waals surface area (Å²) in [6, 6.07) is 16.3. The number of aliphatic hydroxyl groups excluding tert-OH is 1. The van der Waals surface area contributed by atoms with E-state index in [1.165, 1.54) is 5.56 Å². The lowest BCUT2D eigenvalue weighted by atomic mass is 9.96. The second-order valence-corrected chi connectivity index (χ2v) is 4.13. The molecule has 0 aromatic heterocycles. The topological polar surface area (TPSA) is 20.2 Å². The van der Waals surface area contributed by atoms with Gasteiger partial charge in [0.1, 0.15) is 0 Å². The Morgan fingerprint density at radius 1 is 1.00 bits per heavy atom. The van der Waals surface area contributed by atoms with Crippen LogP contribution in [0.1, 0.15) is 24.2 Å². The van der Waals surface area contributed by atoms with Gasteiger partial charge in [-0.25, -0.2) is 0 Å². The predicted octanol–water partition coefficient (Wildman–Crippen LogP) is 3.72. The zero-order valence-electron chi connectivity index (χ0n) is 9.64. The molecule has 0 radical (unpaired) electrons. The second-order valence-electron chi connectivity index (χ2n) is 4.13. The minimum absolute atomic E-state index is 0.434. The average molecular weight is 212 g/mol. The highest BCUT2D eigenvalue weighted by molar-refractivity contribution is 5.68. The molecule has 1 N–H and O–H groups in total. The Kier molecular flexibility index (Phi) is 3.07. The van der Waals surface area contributed by atoms with Gasteiger partial charge in [0, 0.05) is 0 Å². The van der Waals surface area contributed by atoms with Gasteiger partial charge in [-0.3, -0.25) is 0 Å². The predicted molar refractivity (Wildman–Crippen MR) is 67.2 cm³/mol. The van der Waals surface area contributed by atoms with Crippen LogP contribution in [0.15, 0.2) is 48.5 Å². The Balaban J connectivity index is 2.55. The van der Waals surface area contributed by atoms with E-state index in [1.54, 1.807) is 6.92 Å². The molecule has 0 heterocycles. The van der Waals surface area contributed by atoms with Gasteiger partial charge >= 0.3 is 0 Å².